The average Bonchev–Trinajstić information content (AvgIpc) is 2.69. The van der Waals surface area contributed by atoms with Crippen molar-refractivity contribution in [2.75, 3.05) is 0 Å². The third kappa shape index (κ3) is 2.34. The minimum Gasteiger partial charge on any atom is -0.280 e. The molecule has 0 saturated heterocycles. The minimum absolute atomic E-state index is 0.0539. The number of nitro groups is 1. The van der Waals surface area contributed by atoms with Gasteiger partial charge in [-0.1, -0.05) is 42.5 Å². The first kappa shape index (κ1) is 17.6. The molecular weight excluding hydrogens is 360 g/mol. The monoisotopic (exact) mass is 376 g/mol. The highest BCUT2D eigenvalue weighted by atomic mass is 16.6. The van der Waals surface area contributed by atoms with Crippen LogP contribution in [0.25, 0.3) is 32.9 Å². The highest BCUT2D eigenvalue weighted by Gasteiger charge is 2.28. The molecule has 0 amide bonds. The molecule has 8 heteroatoms. The van der Waals surface area contributed by atoms with E-state index in [0.29, 0.717) is 5.56 Å². The van der Waals surface area contributed by atoms with Crippen LogP contribution >= 0.6 is 0 Å². The topological polar surface area (TPSA) is 100 Å². The molecule has 0 aliphatic rings. The van der Waals surface area contributed by atoms with Crippen molar-refractivity contribution in [1.29, 1.82) is 0 Å². The Morgan fingerprint density at radius 2 is 1.68 bits per heavy atom. The number of hydrogen-bond acceptors (Lipinski definition) is 5. The molecule has 2 aromatic heterocycles. The summed E-state index contributed by atoms with van der Waals surface area (Å²) in [6.45, 7) is 1.51. The van der Waals surface area contributed by atoms with Crippen LogP contribution in [0.5, 0.6) is 0 Å². The fourth-order valence-corrected chi connectivity index (χ4v) is 3.62. The lowest BCUT2D eigenvalue weighted by atomic mass is 9.94. The minimum atomic E-state index is -0.614. The van der Waals surface area contributed by atoms with Crippen LogP contribution in [0.3, 0.4) is 0 Å². The van der Waals surface area contributed by atoms with Gasteiger partial charge in [0, 0.05) is 14.1 Å². The molecule has 0 N–H and O–H groups in total. The van der Waals surface area contributed by atoms with Gasteiger partial charge in [-0.3, -0.25) is 24.0 Å². The second-order valence-electron chi connectivity index (χ2n) is 6.61. The summed E-state index contributed by atoms with van der Waals surface area (Å²) in [6, 6.07) is 12.9. The molecular formula is C20H16N4O4. The normalized spacial score (nSPS) is 11.2. The maximum Gasteiger partial charge on any atom is 0.332 e. The molecule has 4 rings (SSSR count). The number of nitrogens with zero attached hydrogens (tertiary/aromatic N) is 4. The molecule has 0 spiro atoms. The van der Waals surface area contributed by atoms with Gasteiger partial charge in [-0.05, 0) is 23.3 Å². The van der Waals surface area contributed by atoms with Crippen molar-refractivity contribution in [2.24, 2.45) is 14.1 Å². The van der Waals surface area contributed by atoms with Gasteiger partial charge in [0.05, 0.1) is 15.9 Å². The van der Waals surface area contributed by atoms with Gasteiger partial charge >= 0.3 is 5.69 Å². The number of fused-ring (bicyclic) bond motifs is 2. The number of aromatic nitrogens is 3. The highest BCUT2D eigenvalue weighted by Crippen LogP contribution is 2.39. The SMILES string of the molecule is Cc1nc2c(c(-c3cccc4ccccc34)c1[N+](=O)[O-])c(=O)n(C)c(=O)n2C. The maximum atomic E-state index is 13.0. The second kappa shape index (κ2) is 6.12. The summed E-state index contributed by atoms with van der Waals surface area (Å²) in [6.07, 6.45) is 0. The lowest BCUT2D eigenvalue weighted by Gasteiger charge is -2.14. The highest BCUT2D eigenvalue weighted by molar-refractivity contribution is 6.07. The third-order valence-corrected chi connectivity index (χ3v) is 4.98. The number of pyridine rings is 1. The van der Waals surface area contributed by atoms with Crippen molar-refractivity contribution in [3.05, 3.63) is 79.1 Å². The van der Waals surface area contributed by atoms with E-state index in [2.05, 4.69) is 4.98 Å². The number of hydrogen-bond donors (Lipinski definition) is 0. The summed E-state index contributed by atoms with van der Waals surface area (Å²) in [5.41, 5.74) is -0.391. The fourth-order valence-electron chi connectivity index (χ4n) is 3.62. The molecule has 140 valence electrons. The predicted molar refractivity (Wildman–Crippen MR) is 107 cm³/mol. The first-order valence-electron chi connectivity index (χ1n) is 8.55. The summed E-state index contributed by atoms with van der Waals surface area (Å²) >= 11 is 0. The Kier molecular flexibility index (Phi) is 3.85. The molecule has 4 aromatic rings. The van der Waals surface area contributed by atoms with Crippen LogP contribution in [0.15, 0.2) is 52.1 Å². The van der Waals surface area contributed by atoms with E-state index in [4.69, 9.17) is 0 Å². The first-order valence-corrected chi connectivity index (χ1v) is 8.55. The van der Waals surface area contributed by atoms with Crippen LogP contribution in [0, 0.1) is 17.0 Å². The lowest BCUT2D eigenvalue weighted by molar-refractivity contribution is -0.384. The van der Waals surface area contributed by atoms with E-state index in [1.165, 1.54) is 25.6 Å². The van der Waals surface area contributed by atoms with Gasteiger partial charge in [0.2, 0.25) is 0 Å². The summed E-state index contributed by atoms with van der Waals surface area (Å²) in [7, 11) is 2.85. The van der Waals surface area contributed by atoms with E-state index in [1.54, 1.807) is 12.1 Å². The molecule has 28 heavy (non-hydrogen) atoms. The Balaban J connectivity index is 2.37. The van der Waals surface area contributed by atoms with E-state index in [1.807, 2.05) is 30.3 Å². The molecule has 0 bridgehead atoms. The predicted octanol–water partition coefficient (Wildman–Crippen LogP) is 2.67. The summed E-state index contributed by atoms with van der Waals surface area (Å²) in [5.74, 6) is 0. The first-order chi connectivity index (χ1) is 13.3. The van der Waals surface area contributed by atoms with Crippen molar-refractivity contribution in [1.82, 2.24) is 14.1 Å². The molecule has 0 aliphatic carbocycles. The zero-order valence-electron chi connectivity index (χ0n) is 15.5. The van der Waals surface area contributed by atoms with Crippen molar-refractivity contribution in [3.63, 3.8) is 0 Å². The molecule has 0 atom stereocenters. The molecule has 8 nitrogen and oxygen atoms in total. The van der Waals surface area contributed by atoms with Gasteiger partial charge in [0.25, 0.3) is 11.2 Å². The molecule has 0 unspecified atom stereocenters. The van der Waals surface area contributed by atoms with Crippen LogP contribution in [-0.2, 0) is 14.1 Å². The van der Waals surface area contributed by atoms with Gasteiger partial charge < -0.3 is 0 Å². The zero-order chi connectivity index (χ0) is 20.2. The quantitative estimate of drug-likeness (QED) is 0.395. The molecule has 2 heterocycles. The second-order valence-corrected chi connectivity index (χ2v) is 6.61. The van der Waals surface area contributed by atoms with Crippen LogP contribution in [0.1, 0.15) is 5.69 Å². The number of aryl methyl sites for hydroxylation is 2. The molecule has 0 aliphatic heterocycles. The zero-order valence-corrected chi connectivity index (χ0v) is 15.5. The van der Waals surface area contributed by atoms with Crippen molar-refractivity contribution < 1.29 is 4.92 Å². The van der Waals surface area contributed by atoms with Crippen molar-refractivity contribution in [2.45, 2.75) is 6.92 Å². The fraction of sp³-hybridized carbons (Fsp3) is 0.150. The van der Waals surface area contributed by atoms with E-state index in [0.717, 1.165) is 15.3 Å². The van der Waals surface area contributed by atoms with E-state index in [9.17, 15) is 19.7 Å². The summed E-state index contributed by atoms with van der Waals surface area (Å²) in [5, 5.41) is 13.6. The molecule has 0 radical (unpaired) electrons. The smallest absolute Gasteiger partial charge is 0.280 e. The summed E-state index contributed by atoms with van der Waals surface area (Å²) < 4.78 is 2.18. The Bertz CT molecular complexity index is 1410. The molecule has 0 fully saturated rings. The Hall–Kier alpha value is -3.81. The van der Waals surface area contributed by atoms with E-state index < -0.39 is 16.2 Å². The van der Waals surface area contributed by atoms with Crippen molar-refractivity contribution >= 4 is 27.5 Å². The van der Waals surface area contributed by atoms with Gasteiger partial charge in [-0.2, -0.15) is 0 Å². The lowest BCUT2D eigenvalue weighted by Crippen LogP contribution is -2.37. The Morgan fingerprint density at radius 3 is 2.39 bits per heavy atom. The number of rotatable bonds is 2. The Morgan fingerprint density at radius 1 is 1.00 bits per heavy atom. The van der Waals surface area contributed by atoms with E-state index >= 15 is 0 Å². The largest absolute Gasteiger partial charge is 0.332 e. The van der Waals surface area contributed by atoms with Gasteiger partial charge in [-0.25, -0.2) is 9.78 Å². The van der Waals surface area contributed by atoms with Crippen LogP contribution in [0.2, 0.25) is 0 Å². The van der Waals surface area contributed by atoms with Crippen LogP contribution in [-0.4, -0.2) is 19.0 Å². The van der Waals surface area contributed by atoms with Gasteiger partial charge in [0.15, 0.2) is 5.65 Å². The van der Waals surface area contributed by atoms with Gasteiger partial charge in [-0.15, -0.1) is 0 Å². The Labute approximate surface area is 158 Å². The maximum absolute atomic E-state index is 13.0. The van der Waals surface area contributed by atoms with Gasteiger partial charge in [0.1, 0.15) is 5.69 Å². The van der Waals surface area contributed by atoms with Crippen LogP contribution < -0.4 is 11.2 Å². The standard InChI is InChI=1S/C20H16N4O4/c1-11-17(24(27)28)15(14-10-6-8-12-7-4-5-9-13(12)14)16-18(21-11)22(2)20(26)23(3)19(16)25/h4-10H,1-3H3. The van der Waals surface area contributed by atoms with Crippen LogP contribution in [0.4, 0.5) is 5.69 Å². The molecule has 2 aromatic carbocycles. The number of benzene rings is 2. The molecule has 0 saturated carbocycles. The van der Waals surface area contributed by atoms with Crippen molar-refractivity contribution in [3.8, 4) is 11.1 Å². The summed E-state index contributed by atoms with van der Waals surface area (Å²) in [4.78, 5) is 41.0. The third-order valence-electron chi connectivity index (χ3n) is 4.98. The average molecular weight is 376 g/mol. The van der Waals surface area contributed by atoms with E-state index in [-0.39, 0.29) is 28.0 Å².